The zero-order chi connectivity index (χ0) is 19.5. The summed E-state index contributed by atoms with van der Waals surface area (Å²) in [4.78, 5) is 26.0. The number of ether oxygens (including phenoxy) is 3. The van der Waals surface area contributed by atoms with Crippen molar-refractivity contribution in [2.24, 2.45) is 0 Å². The van der Waals surface area contributed by atoms with Crippen molar-refractivity contribution in [3.05, 3.63) is 42.5 Å². The molecule has 4 rings (SSSR count). The van der Waals surface area contributed by atoms with Crippen molar-refractivity contribution in [2.75, 3.05) is 30.0 Å². The Balaban J connectivity index is 1.36. The summed E-state index contributed by atoms with van der Waals surface area (Å²) in [6, 6.07) is 12.5. The molecule has 2 aromatic carbocycles. The van der Waals surface area contributed by atoms with Crippen LogP contribution in [0.2, 0.25) is 0 Å². The first-order chi connectivity index (χ1) is 13.6. The van der Waals surface area contributed by atoms with Crippen molar-refractivity contribution in [1.29, 1.82) is 0 Å². The number of rotatable bonds is 5. The molecule has 7 heteroatoms. The number of hydrogen-bond acceptors (Lipinski definition) is 5. The lowest BCUT2D eigenvalue weighted by atomic mass is 10.2. The first kappa shape index (κ1) is 18.2. The molecule has 1 atom stereocenters. The summed E-state index contributed by atoms with van der Waals surface area (Å²) < 4.78 is 16.7. The molecular formula is C21H22N2O5. The number of amides is 2. The van der Waals surface area contributed by atoms with Crippen molar-refractivity contribution >= 4 is 23.2 Å². The zero-order valence-corrected chi connectivity index (χ0v) is 15.6. The first-order valence-corrected chi connectivity index (χ1v) is 9.38. The Labute approximate surface area is 163 Å². The average molecular weight is 382 g/mol. The Morgan fingerprint density at radius 3 is 2.57 bits per heavy atom. The fourth-order valence-corrected chi connectivity index (χ4v) is 3.25. The van der Waals surface area contributed by atoms with Gasteiger partial charge in [0.2, 0.25) is 5.91 Å². The van der Waals surface area contributed by atoms with E-state index in [1.54, 1.807) is 42.2 Å². The lowest BCUT2D eigenvalue weighted by Crippen LogP contribution is -2.30. The lowest BCUT2D eigenvalue weighted by molar-refractivity contribution is -0.122. The van der Waals surface area contributed by atoms with Crippen molar-refractivity contribution < 1.29 is 23.8 Å². The van der Waals surface area contributed by atoms with Gasteiger partial charge in [-0.15, -0.1) is 0 Å². The van der Waals surface area contributed by atoms with Gasteiger partial charge in [-0.25, -0.2) is 0 Å². The van der Waals surface area contributed by atoms with Crippen LogP contribution in [0.15, 0.2) is 42.5 Å². The summed E-state index contributed by atoms with van der Waals surface area (Å²) in [5.74, 6) is 1.73. The number of carbonyl (C=O) groups is 2. The maximum atomic E-state index is 12.4. The molecule has 2 amide bonds. The molecule has 1 N–H and O–H groups in total. The Kier molecular flexibility index (Phi) is 5.06. The predicted molar refractivity (Wildman–Crippen MR) is 104 cm³/mol. The van der Waals surface area contributed by atoms with Gasteiger partial charge in [-0.05, 0) is 49.7 Å². The lowest BCUT2D eigenvalue weighted by Gasteiger charge is -2.20. The van der Waals surface area contributed by atoms with Crippen LogP contribution in [-0.4, -0.2) is 37.7 Å². The molecule has 2 aliphatic heterocycles. The second-order valence-corrected chi connectivity index (χ2v) is 6.75. The van der Waals surface area contributed by atoms with E-state index in [9.17, 15) is 9.59 Å². The second kappa shape index (κ2) is 7.80. The van der Waals surface area contributed by atoms with E-state index in [-0.39, 0.29) is 11.8 Å². The predicted octanol–water partition coefficient (Wildman–Crippen LogP) is 2.99. The van der Waals surface area contributed by atoms with Gasteiger partial charge in [-0.3, -0.25) is 9.59 Å². The summed E-state index contributed by atoms with van der Waals surface area (Å²) in [6.45, 7) is 3.44. The fraction of sp³-hybridized carbons (Fsp3) is 0.333. The monoisotopic (exact) mass is 382 g/mol. The Morgan fingerprint density at radius 2 is 1.86 bits per heavy atom. The van der Waals surface area contributed by atoms with E-state index in [2.05, 4.69) is 5.32 Å². The van der Waals surface area contributed by atoms with Gasteiger partial charge in [0.15, 0.2) is 17.6 Å². The molecule has 28 heavy (non-hydrogen) atoms. The van der Waals surface area contributed by atoms with Crippen molar-refractivity contribution in [3.8, 4) is 17.2 Å². The summed E-state index contributed by atoms with van der Waals surface area (Å²) in [6.07, 6.45) is 0.788. The van der Waals surface area contributed by atoms with Crippen LogP contribution < -0.4 is 24.4 Å². The van der Waals surface area contributed by atoms with Crippen LogP contribution >= 0.6 is 0 Å². The molecule has 0 aliphatic carbocycles. The standard InChI is InChI=1S/C21H22N2O5/c1-14(21(25)22-15-4-9-18-19(13-15)27-12-11-26-18)28-17-7-5-16(6-8-17)23-10-2-3-20(23)24/h4-9,13-14H,2-3,10-12H2,1H3,(H,22,25)/t14-/m0/s1. The van der Waals surface area contributed by atoms with E-state index in [1.165, 1.54) is 0 Å². The molecule has 146 valence electrons. The maximum Gasteiger partial charge on any atom is 0.265 e. The minimum absolute atomic E-state index is 0.140. The number of carbonyl (C=O) groups excluding carboxylic acids is 2. The summed E-state index contributed by atoms with van der Waals surface area (Å²) in [5.41, 5.74) is 1.47. The topological polar surface area (TPSA) is 77.1 Å². The third-order valence-corrected chi connectivity index (χ3v) is 4.71. The average Bonchev–Trinajstić information content (AvgIpc) is 3.14. The highest BCUT2D eigenvalue weighted by molar-refractivity contribution is 5.95. The van der Waals surface area contributed by atoms with Crippen molar-refractivity contribution in [3.63, 3.8) is 0 Å². The van der Waals surface area contributed by atoms with Crippen LogP contribution in [0.3, 0.4) is 0 Å². The van der Waals surface area contributed by atoms with Crippen LogP contribution in [0.4, 0.5) is 11.4 Å². The smallest absolute Gasteiger partial charge is 0.265 e. The molecule has 1 fully saturated rings. The Bertz CT molecular complexity index is 881. The van der Waals surface area contributed by atoms with Crippen LogP contribution in [-0.2, 0) is 9.59 Å². The van der Waals surface area contributed by atoms with E-state index in [4.69, 9.17) is 14.2 Å². The molecule has 0 spiro atoms. The SMILES string of the molecule is C[C@H](Oc1ccc(N2CCCC2=O)cc1)C(=O)Nc1ccc2c(c1)OCCO2. The zero-order valence-electron chi connectivity index (χ0n) is 15.6. The molecule has 2 aliphatic rings. The van der Waals surface area contributed by atoms with Crippen molar-refractivity contribution in [2.45, 2.75) is 25.9 Å². The number of anilines is 2. The van der Waals surface area contributed by atoms with Crippen molar-refractivity contribution in [1.82, 2.24) is 0 Å². The van der Waals surface area contributed by atoms with Gasteiger partial charge in [0.05, 0.1) is 0 Å². The number of hydrogen-bond donors (Lipinski definition) is 1. The number of nitrogens with one attached hydrogen (secondary N) is 1. The summed E-state index contributed by atoms with van der Waals surface area (Å²) in [7, 11) is 0. The molecule has 0 radical (unpaired) electrons. The molecule has 2 heterocycles. The highest BCUT2D eigenvalue weighted by atomic mass is 16.6. The van der Waals surface area contributed by atoms with E-state index in [0.29, 0.717) is 42.6 Å². The van der Waals surface area contributed by atoms with Gasteiger partial charge in [0.25, 0.3) is 5.91 Å². The summed E-state index contributed by atoms with van der Waals surface area (Å²) in [5, 5.41) is 2.82. The van der Waals surface area contributed by atoms with E-state index >= 15 is 0 Å². The Hall–Kier alpha value is -3.22. The third kappa shape index (κ3) is 3.88. The largest absolute Gasteiger partial charge is 0.486 e. The molecular weight excluding hydrogens is 360 g/mol. The van der Waals surface area contributed by atoms with Gasteiger partial charge >= 0.3 is 0 Å². The van der Waals surface area contributed by atoms with Crippen LogP contribution in [0.25, 0.3) is 0 Å². The summed E-state index contributed by atoms with van der Waals surface area (Å²) >= 11 is 0. The van der Waals surface area contributed by atoms with Gasteiger partial charge in [0, 0.05) is 30.4 Å². The minimum atomic E-state index is -0.688. The highest BCUT2D eigenvalue weighted by Crippen LogP contribution is 2.32. The Morgan fingerprint density at radius 1 is 1.11 bits per heavy atom. The normalized spacial score (nSPS) is 16.6. The van der Waals surface area contributed by atoms with Crippen LogP contribution in [0.5, 0.6) is 17.2 Å². The molecule has 0 unspecified atom stereocenters. The molecule has 1 saturated heterocycles. The van der Waals surface area contributed by atoms with Gasteiger partial charge in [0.1, 0.15) is 19.0 Å². The van der Waals surface area contributed by atoms with Crippen LogP contribution in [0, 0.1) is 0 Å². The number of nitrogens with zero attached hydrogens (tertiary/aromatic N) is 1. The number of benzene rings is 2. The molecule has 0 bridgehead atoms. The molecule has 7 nitrogen and oxygen atoms in total. The molecule has 0 aromatic heterocycles. The van der Waals surface area contributed by atoms with E-state index in [0.717, 1.165) is 18.7 Å². The van der Waals surface area contributed by atoms with E-state index in [1.807, 2.05) is 12.1 Å². The quantitative estimate of drug-likeness (QED) is 0.860. The second-order valence-electron chi connectivity index (χ2n) is 6.75. The number of fused-ring (bicyclic) bond motifs is 1. The van der Waals surface area contributed by atoms with E-state index < -0.39 is 6.10 Å². The van der Waals surface area contributed by atoms with Gasteiger partial charge < -0.3 is 24.4 Å². The molecule has 2 aromatic rings. The van der Waals surface area contributed by atoms with Crippen LogP contribution in [0.1, 0.15) is 19.8 Å². The first-order valence-electron chi connectivity index (χ1n) is 9.38. The molecule has 0 saturated carbocycles. The highest BCUT2D eigenvalue weighted by Gasteiger charge is 2.22. The van der Waals surface area contributed by atoms with Gasteiger partial charge in [-0.1, -0.05) is 0 Å². The third-order valence-electron chi connectivity index (χ3n) is 4.71. The maximum absolute atomic E-state index is 12.4. The van der Waals surface area contributed by atoms with Gasteiger partial charge in [-0.2, -0.15) is 0 Å². The minimum Gasteiger partial charge on any atom is -0.486 e. The fourth-order valence-electron chi connectivity index (χ4n) is 3.25.